The van der Waals surface area contributed by atoms with Crippen molar-refractivity contribution in [3.05, 3.63) is 6.17 Å². The molecule has 0 aliphatic heterocycles. The van der Waals surface area contributed by atoms with Gasteiger partial charge < -0.3 is 4.39 Å². The molecule has 0 N–H and O–H groups in total. The summed E-state index contributed by atoms with van der Waals surface area (Å²) >= 11 is 0. The minimum atomic E-state index is -7.11. The van der Waals surface area contributed by atoms with Crippen LogP contribution in [0.3, 0.4) is 0 Å². The van der Waals surface area contributed by atoms with E-state index in [2.05, 4.69) is 0 Å². The Kier molecular flexibility index (Phi) is 4.64. The minimum Gasteiger partial charge on any atom is -0.444 e. The summed E-state index contributed by atoms with van der Waals surface area (Å²) in [4.78, 5) is 0. The van der Waals surface area contributed by atoms with Crippen LogP contribution in [0.25, 0.3) is 0 Å². The SMILES string of the molecule is F[C-]1C(F)(F)C(F)(F)C(F)(F)C(F)(F)C1(F)F.[K+]. The van der Waals surface area contributed by atoms with Crippen molar-refractivity contribution in [2.45, 2.75) is 29.6 Å². The standard InChI is InChI=1S/C6F11.K/c7-1-2(8,9)4(12,13)6(16,17)5(14,15)3(1,10)11;/q-1;+1. The largest absolute Gasteiger partial charge is 1.00 e. The van der Waals surface area contributed by atoms with Gasteiger partial charge in [0.25, 0.3) is 0 Å². The van der Waals surface area contributed by atoms with Crippen molar-refractivity contribution >= 4 is 0 Å². The Hall–Kier alpha value is 0.866. The molecule has 12 heteroatoms. The summed E-state index contributed by atoms with van der Waals surface area (Å²) in [5.74, 6) is -34.5. The Balaban J connectivity index is 0.00000289. The molecule has 0 saturated heterocycles. The summed E-state index contributed by atoms with van der Waals surface area (Å²) in [5.41, 5.74) is 0. The van der Waals surface area contributed by atoms with Crippen molar-refractivity contribution < 1.29 is 99.7 Å². The van der Waals surface area contributed by atoms with Crippen LogP contribution >= 0.6 is 0 Å². The van der Waals surface area contributed by atoms with Gasteiger partial charge in [-0.2, -0.15) is 26.3 Å². The van der Waals surface area contributed by atoms with Crippen molar-refractivity contribution in [3.8, 4) is 0 Å². The van der Waals surface area contributed by atoms with Gasteiger partial charge in [0, 0.05) is 0 Å². The average Bonchev–Trinajstić information content (AvgIpc) is 2.13. The number of hydrogen-bond acceptors (Lipinski definition) is 0. The molecule has 0 bridgehead atoms. The molecule has 18 heavy (non-hydrogen) atoms. The Bertz CT molecular complexity index is 304. The van der Waals surface area contributed by atoms with E-state index in [-0.39, 0.29) is 51.4 Å². The third-order valence-electron chi connectivity index (χ3n) is 2.13. The summed E-state index contributed by atoms with van der Waals surface area (Å²) in [6, 6.07) is 0. The van der Waals surface area contributed by atoms with Gasteiger partial charge in [-0.3, -0.25) is 0 Å². The van der Waals surface area contributed by atoms with Crippen LogP contribution in [0.5, 0.6) is 0 Å². The molecule has 102 valence electrons. The van der Waals surface area contributed by atoms with Crippen LogP contribution in [0, 0.1) is 6.17 Å². The third-order valence-corrected chi connectivity index (χ3v) is 2.13. The smallest absolute Gasteiger partial charge is 0.444 e. The van der Waals surface area contributed by atoms with Gasteiger partial charge in [-0.15, -0.1) is 0 Å². The molecule has 0 spiro atoms. The molecule has 1 aliphatic carbocycles. The number of alkyl halides is 10. The van der Waals surface area contributed by atoms with Crippen LogP contribution in [0.2, 0.25) is 0 Å². The van der Waals surface area contributed by atoms with E-state index in [1.165, 1.54) is 0 Å². The van der Waals surface area contributed by atoms with E-state index in [9.17, 15) is 48.3 Å². The van der Waals surface area contributed by atoms with Gasteiger partial charge in [-0.1, -0.05) is 0 Å². The van der Waals surface area contributed by atoms with Gasteiger partial charge in [-0.05, 0) is 6.17 Å². The average molecular weight is 320 g/mol. The van der Waals surface area contributed by atoms with E-state index in [0.29, 0.717) is 0 Å². The van der Waals surface area contributed by atoms with E-state index in [4.69, 9.17) is 0 Å². The molecular weight excluding hydrogens is 320 g/mol. The van der Waals surface area contributed by atoms with E-state index in [1.807, 2.05) is 0 Å². The topological polar surface area (TPSA) is 0 Å². The zero-order valence-electron chi connectivity index (χ0n) is 8.16. The maximum absolute atomic E-state index is 12.3. The molecule has 0 aromatic heterocycles. The molecule has 0 atom stereocenters. The van der Waals surface area contributed by atoms with E-state index >= 15 is 0 Å². The molecule has 1 rings (SSSR count). The first-order chi connectivity index (χ1) is 7.15. The summed E-state index contributed by atoms with van der Waals surface area (Å²) in [5, 5.41) is 0. The van der Waals surface area contributed by atoms with E-state index in [1.54, 1.807) is 0 Å². The second-order valence-corrected chi connectivity index (χ2v) is 3.19. The Morgan fingerprint density at radius 3 is 0.944 bits per heavy atom. The maximum Gasteiger partial charge on any atom is 1.00 e. The van der Waals surface area contributed by atoms with Gasteiger partial charge in [0.1, 0.15) is 0 Å². The van der Waals surface area contributed by atoms with Crippen LogP contribution < -0.4 is 51.4 Å². The van der Waals surface area contributed by atoms with Gasteiger partial charge in [0.05, 0.1) is 0 Å². The van der Waals surface area contributed by atoms with Crippen molar-refractivity contribution in [3.63, 3.8) is 0 Å². The predicted octanol–water partition coefficient (Wildman–Crippen LogP) is 0.682. The predicted molar refractivity (Wildman–Crippen MR) is 29.1 cm³/mol. The van der Waals surface area contributed by atoms with Crippen molar-refractivity contribution in [1.29, 1.82) is 0 Å². The van der Waals surface area contributed by atoms with Gasteiger partial charge in [-0.25, -0.2) is 17.6 Å². The fourth-order valence-electron chi connectivity index (χ4n) is 1.06. The molecular formula is C6F11K. The summed E-state index contributed by atoms with van der Waals surface area (Å²) in [6.07, 6.45) is -4.49. The molecule has 1 saturated carbocycles. The molecule has 1 aliphatic rings. The van der Waals surface area contributed by atoms with Crippen LogP contribution in [-0.2, 0) is 0 Å². The quantitative estimate of drug-likeness (QED) is 0.350. The van der Waals surface area contributed by atoms with Gasteiger partial charge >= 0.3 is 69.2 Å². The first-order valence-corrected chi connectivity index (χ1v) is 3.58. The van der Waals surface area contributed by atoms with Crippen molar-refractivity contribution in [1.82, 2.24) is 0 Å². The minimum absolute atomic E-state index is 0. The normalized spacial score (nSPS) is 31.5. The number of rotatable bonds is 0. The van der Waals surface area contributed by atoms with Crippen LogP contribution in [-0.4, -0.2) is 29.6 Å². The molecule has 0 radical (unpaired) electrons. The van der Waals surface area contributed by atoms with Crippen LogP contribution in [0.1, 0.15) is 0 Å². The Morgan fingerprint density at radius 1 is 0.500 bits per heavy atom. The second-order valence-electron chi connectivity index (χ2n) is 3.19. The molecule has 1 fully saturated rings. The zero-order valence-corrected chi connectivity index (χ0v) is 11.3. The fourth-order valence-corrected chi connectivity index (χ4v) is 1.06. The molecule has 0 unspecified atom stereocenters. The van der Waals surface area contributed by atoms with E-state index < -0.39 is 35.8 Å². The maximum atomic E-state index is 12.3. The first-order valence-electron chi connectivity index (χ1n) is 3.58. The summed E-state index contributed by atoms with van der Waals surface area (Å²) in [7, 11) is 0. The fraction of sp³-hybridized carbons (Fsp3) is 0.833. The van der Waals surface area contributed by atoms with E-state index in [0.717, 1.165) is 0 Å². The number of hydrogen-bond donors (Lipinski definition) is 0. The van der Waals surface area contributed by atoms with Gasteiger partial charge in [0.15, 0.2) is 0 Å². The van der Waals surface area contributed by atoms with Crippen LogP contribution in [0.15, 0.2) is 0 Å². The molecule has 0 nitrogen and oxygen atoms in total. The molecule has 0 heterocycles. The Labute approximate surface area is 134 Å². The Morgan fingerprint density at radius 2 is 0.722 bits per heavy atom. The van der Waals surface area contributed by atoms with Crippen molar-refractivity contribution in [2.24, 2.45) is 0 Å². The number of halogens is 11. The summed E-state index contributed by atoms with van der Waals surface area (Å²) < 4.78 is 135. The van der Waals surface area contributed by atoms with Gasteiger partial charge in [0.2, 0.25) is 11.8 Å². The van der Waals surface area contributed by atoms with Crippen LogP contribution in [0.4, 0.5) is 48.3 Å². The van der Waals surface area contributed by atoms with Crippen molar-refractivity contribution in [2.75, 3.05) is 0 Å². The second kappa shape index (κ2) is 4.43. The monoisotopic (exact) mass is 320 g/mol. The molecule has 0 aromatic carbocycles. The molecule has 0 aromatic rings. The molecule has 0 amide bonds. The third kappa shape index (κ3) is 1.78. The zero-order chi connectivity index (χ0) is 14.1. The summed E-state index contributed by atoms with van der Waals surface area (Å²) in [6.45, 7) is 0. The first kappa shape index (κ1) is 18.9.